The average molecular weight is 311 g/mol. The van der Waals surface area contributed by atoms with E-state index in [0.29, 0.717) is 15.8 Å². The van der Waals surface area contributed by atoms with Gasteiger partial charge in [0.1, 0.15) is 0 Å². The van der Waals surface area contributed by atoms with E-state index in [9.17, 15) is 4.21 Å². The van der Waals surface area contributed by atoms with Crippen molar-refractivity contribution in [2.45, 2.75) is 5.75 Å². The van der Waals surface area contributed by atoms with Gasteiger partial charge in [-0.3, -0.25) is 4.21 Å². The molecule has 0 fully saturated rings. The summed E-state index contributed by atoms with van der Waals surface area (Å²) < 4.78 is 11.9. The third-order valence-electron chi connectivity index (χ3n) is 2.50. The molecule has 0 aliphatic carbocycles. The fourth-order valence-corrected chi connectivity index (χ4v) is 2.70. The number of benzene rings is 2. The second kappa shape index (κ2) is 6.90. The molecule has 0 heterocycles. The molecular formula is C15H12Cl2OS. The van der Waals surface area contributed by atoms with Crippen molar-refractivity contribution in [1.29, 1.82) is 0 Å². The van der Waals surface area contributed by atoms with E-state index in [1.54, 1.807) is 17.5 Å². The van der Waals surface area contributed by atoms with Crippen molar-refractivity contribution < 1.29 is 4.21 Å². The quantitative estimate of drug-likeness (QED) is 0.784. The van der Waals surface area contributed by atoms with Gasteiger partial charge in [0.2, 0.25) is 0 Å². The van der Waals surface area contributed by atoms with Crippen LogP contribution < -0.4 is 0 Å². The zero-order valence-electron chi connectivity index (χ0n) is 10.1. The van der Waals surface area contributed by atoms with Crippen molar-refractivity contribution in [2.24, 2.45) is 0 Å². The Kier molecular flexibility index (Phi) is 5.20. The van der Waals surface area contributed by atoms with Gasteiger partial charge in [-0.25, -0.2) is 0 Å². The van der Waals surface area contributed by atoms with Crippen molar-refractivity contribution in [3.8, 4) is 0 Å². The molecule has 1 atom stereocenters. The van der Waals surface area contributed by atoms with E-state index >= 15 is 0 Å². The van der Waals surface area contributed by atoms with Gasteiger partial charge in [0.05, 0.1) is 16.6 Å². The molecule has 19 heavy (non-hydrogen) atoms. The summed E-state index contributed by atoms with van der Waals surface area (Å²) in [5.41, 5.74) is 1.98. The monoisotopic (exact) mass is 310 g/mol. The molecule has 0 aliphatic heterocycles. The Morgan fingerprint density at radius 2 is 1.42 bits per heavy atom. The maximum Gasteiger partial charge on any atom is 0.0526 e. The first-order chi connectivity index (χ1) is 9.13. The van der Waals surface area contributed by atoms with Gasteiger partial charge in [-0.2, -0.15) is 0 Å². The van der Waals surface area contributed by atoms with Gasteiger partial charge in [-0.15, -0.1) is 0 Å². The standard InChI is InChI=1S/C15H12Cl2OS/c16-14-5-1-12(2-6-14)9-10-19(18)11-13-3-7-15(17)8-4-13/h1-10H,11H2. The van der Waals surface area contributed by atoms with Crippen molar-refractivity contribution in [3.05, 3.63) is 75.1 Å². The Labute approximate surface area is 125 Å². The number of hydrogen-bond donors (Lipinski definition) is 0. The minimum atomic E-state index is -1.04. The molecule has 1 unspecified atom stereocenters. The lowest BCUT2D eigenvalue weighted by atomic mass is 10.2. The lowest BCUT2D eigenvalue weighted by Crippen LogP contribution is -1.90. The smallest absolute Gasteiger partial charge is 0.0526 e. The maximum atomic E-state index is 11.9. The average Bonchev–Trinajstić information content (AvgIpc) is 2.41. The molecule has 2 aromatic rings. The van der Waals surface area contributed by atoms with Crippen LogP contribution in [0.1, 0.15) is 11.1 Å². The largest absolute Gasteiger partial charge is 0.255 e. The highest BCUT2D eigenvalue weighted by atomic mass is 35.5. The van der Waals surface area contributed by atoms with E-state index in [1.807, 2.05) is 42.5 Å². The van der Waals surface area contributed by atoms with Crippen LogP contribution in [0.4, 0.5) is 0 Å². The van der Waals surface area contributed by atoms with E-state index in [1.165, 1.54) is 0 Å². The Morgan fingerprint density at radius 1 is 0.895 bits per heavy atom. The lowest BCUT2D eigenvalue weighted by Gasteiger charge is -1.99. The van der Waals surface area contributed by atoms with Gasteiger partial charge in [-0.1, -0.05) is 47.5 Å². The predicted octanol–water partition coefficient (Wildman–Crippen LogP) is 4.91. The minimum Gasteiger partial charge on any atom is -0.255 e. The highest BCUT2D eigenvalue weighted by Crippen LogP contribution is 2.13. The van der Waals surface area contributed by atoms with E-state index in [-0.39, 0.29) is 0 Å². The van der Waals surface area contributed by atoms with Crippen molar-refractivity contribution in [3.63, 3.8) is 0 Å². The molecule has 2 aromatic carbocycles. The summed E-state index contributed by atoms with van der Waals surface area (Å²) >= 11 is 11.6. The Bertz CT molecular complexity index is 589. The molecule has 0 saturated carbocycles. The molecule has 0 bridgehead atoms. The molecule has 0 N–H and O–H groups in total. The topological polar surface area (TPSA) is 17.1 Å². The van der Waals surface area contributed by atoms with Crippen LogP contribution in [0.2, 0.25) is 10.0 Å². The summed E-state index contributed by atoms with van der Waals surface area (Å²) in [6.07, 6.45) is 1.84. The van der Waals surface area contributed by atoms with Crippen LogP contribution in [-0.4, -0.2) is 4.21 Å². The number of rotatable bonds is 4. The first-order valence-corrected chi connectivity index (χ1v) is 7.83. The van der Waals surface area contributed by atoms with Crippen LogP contribution in [-0.2, 0) is 16.6 Å². The van der Waals surface area contributed by atoms with Crippen LogP contribution in [0.3, 0.4) is 0 Å². The number of halogens is 2. The first kappa shape index (κ1) is 14.3. The van der Waals surface area contributed by atoms with E-state index in [4.69, 9.17) is 23.2 Å². The zero-order valence-corrected chi connectivity index (χ0v) is 12.4. The molecule has 0 aromatic heterocycles. The highest BCUT2D eigenvalue weighted by Gasteiger charge is 1.98. The van der Waals surface area contributed by atoms with Crippen LogP contribution in [0.25, 0.3) is 6.08 Å². The molecule has 2 rings (SSSR count). The molecule has 0 radical (unpaired) electrons. The first-order valence-electron chi connectivity index (χ1n) is 5.69. The van der Waals surface area contributed by atoms with Gasteiger partial charge in [0.25, 0.3) is 0 Å². The van der Waals surface area contributed by atoms with Crippen LogP contribution >= 0.6 is 23.2 Å². The van der Waals surface area contributed by atoms with E-state index in [2.05, 4.69) is 0 Å². The van der Waals surface area contributed by atoms with Crippen molar-refractivity contribution in [2.75, 3.05) is 0 Å². The highest BCUT2D eigenvalue weighted by molar-refractivity contribution is 7.87. The normalized spacial score (nSPS) is 12.7. The minimum absolute atomic E-state index is 0.487. The van der Waals surface area contributed by atoms with Gasteiger partial charge < -0.3 is 0 Å². The second-order valence-corrected chi connectivity index (χ2v) is 6.20. The molecule has 0 spiro atoms. The lowest BCUT2D eigenvalue weighted by molar-refractivity contribution is 0.688. The molecule has 98 valence electrons. The Hall–Kier alpha value is -1.09. The van der Waals surface area contributed by atoms with E-state index < -0.39 is 10.8 Å². The Morgan fingerprint density at radius 3 is 2.00 bits per heavy atom. The van der Waals surface area contributed by atoms with Gasteiger partial charge in [0, 0.05) is 15.5 Å². The van der Waals surface area contributed by atoms with E-state index in [0.717, 1.165) is 11.1 Å². The van der Waals surface area contributed by atoms with Crippen LogP contribution in [0, 0.1) is 0 Å². The third kappa shape index (κ3) is 4.83. The van der Waals surface area contributed by atoms with Gasteiger partial charge in [0.15, 0.2) is 0 Å². The summed E-state index contributed by atoms with van der Waals surface area (Å²) in [6.45, 7) is 0. The van der Waals surface area contributed by atoms with Crippen LogP contribution in [0.5, 0.6) is 0 Å². The summed E-state index contributed by atoms with van der Waals surface area (Å²) in [7, 11) is -1.04. The van der Waals surface area contributed by atoms with Gasteiger partial charge in [-0.05, 0) is 41.5 Å². The predicted molar refractivity (Wildman–Crippen MR) is 83.8 cm³/mol. The molecule has 0 amide bonds. The third-order valence-corrected chi connectivity index (χ3v) is 4.07. The molecule has 4 heteroatoms. The van der Waals surface area contributed by atoms with Crippen molar-refractivity contribution in [1.82, 2.24) is 0 Å². The van der Waals surface area contributed by atoms with Crippen molar-refractivity contribution >= 4 is 40.1 Å². The molecule has 0 aliphatic rings. The molecule has 0 saturated heterocycles. The number of hydrogen-bond acceptors (Lipinski definition) is 1. The Balaban J connectivity index is 1.97. The van der Waals surface area contributed by atoms with Gasteiger partial charge >= 0.3 is 0 Å². The summed E-state index contributed by atoms with van der Waals surface area (Å²) in [6, 6.07) is 14.8. The summed E-state index contributed by atoms with van der Waals surface area (Å²) in [5, 5.41) is 3.07. The summed E-state index contributed by atoms with van der Waals surface area (Å²) in [5.74, 6) is 0.487. The second-order valence-electron chi connectivity index (χ2n) is 4.01. The zero-order chi connectivity index (χ0) is 13.7. The fraction of sp³-hybridized carbons (Fsp3) is 0.0667. The fourth-order valence-electron chi connectivity index (χ4n) is 1.52. The van der Waals surface area contributed by atoms with Crippen LogP contribution in [0.15, 0.2) is 53.9 Å². The summed E-state index contributed by atoms with van der Waals surface area (Å²) in [4.78, 5) is 0. The molecular weight excluding hydrogens is 299 g/mol. The molecule has 1 nitrogen and oxygen atoms in total. The maximum absolute atomic E-state index is 11.9. The SMILES string of the molecule is O=S(C=Cc1ccc(Cl)cc1)Cc1ccc(Cl)cc1.